The van der Waals surface area contributed by atoms with Gasteiger partial charge >= 0.3 is 18.0 Å². The average Bonchev–Trinajstić information content (AvgIpc) is 2.76. The van der Waals surface area contributed by atoms with Gasteiger partial charge in [-0.05, 0) is 52.0 Å². The second-order valence-electron chi connectivity index (χ2n) is 9.32. The third-order valence-corrected chi connectivity index (χ3v) is 5.23. The molecule has 1 aromatic carbocycles. The van der Waals surface area contributed by atoms with Gasteiger partial charge in [-0.3, -0.25) is 24.6 Å². The van der Waals surface area contributed by atoms with Crippen molar-refractivity contribution in [3.63, 3.8) is 0 Å². The van der Waals surface area contributed by atoms with E-state index >= 15 is 0 Å². The van der Waals surface area contributed by atoms with Gasteiger partial charge in [0.25, 0.3) is 0 Å². The van der Waals surface area contributed by atoms with Crippen molar-refractivity contribution in [1.29, 1.82) is 0 Å². The summed E-state index contributed by atoms with van der Waals surface area (Å²) in [7, 11) is 0. The van der Waals surface area contributed by atoms with E-state index in [0.29, 0.717) is 25.7 Å². The molecule has 34 heavy (non-hydrogen) atoms. The van der Waals surface area contributed by atoms with E-state index in [1.807, 2.05) is 30.3 Å². The number of nitrogens with zero attached hydrogens (tertiary/aromatic N) is 1. The van der Waals surface area contributed by atoms with Crippen LogP contribution in [0.2, 0.25) is 0 Å². The Morgan fingerprint density at radius 1 is 1.03 bits per heavy atom. The summed E-state index contributed by atoms with van der Waals surface area (Å²) >= 11 is 0. The van der Waals surface area contributed by atoms with Gasteiger partial charge < -0.3 is 19.9 Å². The van der Waals surface area contributed by atoms with Gasteiger partial charge in [0.15, 0.2) is 0 Å². The highest BCUT2D eigenvalue weighted by atomic mass is 16.6. The van der Waals surface area contributed by atoms with E-state index < -0.39 is 30.2 Å². The number of aliphatic carboxylic acids is 1. The number of carbonyl (C=O) groups excluding carboxylic acids is 3. The monoisotopic (exact) mass is 477 g/mol. The molecule has 1 saturated carbocycles. The number of benzene rings is 1. The van der Waals surface area contributed by atoms with Crippen molar-refractivity contribution in [3.8, 4) is 0 Å². The zero-order chi connectivity index (χ0) is 25.1. The molecule has 2 amide bonds. The Morgan fingerprint density at radius 2 is 1.68 bits per heavy atom. The fourth-order valence-corrected chi connectivity index (χ4v) is 3.69. The molecular weight excluding hydrogens is 442 g/mol. The number of amides is 2. The van der Waals surface area contributed by atoms with Crippen molar-refractivity contribution in [1.82, 2.24) is 15.5 Å². The average molecular weight is 478 g/mol. The highest BCUT2D eigenvalue weighted by Crippen LogP contribution is 2.25. The molecule has 10 heteroatoms. The number of esters is 1. The van der Waals surface area contributed by atoms with Crippen LogP contribution < -0.4 is 10.6 Å². The van der Waals surface area contributed by atoms with Gasteiger partial charge in [-0.1, -0.05) is 30.3 Å². The molecule has 0 heterocycles. The number of carbonyl (C=O) groups is 4. The molecule has 2 rings (SSSR count). The first kappa shape index (κ1) is 27.1. The minimum atomic E-state index is -1.10. The molecule has 0 unspecified atom stereocenters. The smallest absolute Gasteiger partial charge is 0.411 e. The fourth-order valence-electron chi connectivity index (χ4n) is 3.69. The van der Waals surface area contributed by atoms with Crippen LogP contribution in [0, 0.1) is 0 Å². The SMILES string of the molecule is CC(C)(C)OC(=O)N(CC(=O)O)[C@H]1CC[C@H](NC(=O)CNCC(=O)OCc2ccccc2)CC1. The molecule has 1 fully saturated rings. The summed E-state index contributed by atoms with van der Waals surface area (Å²) in [4.78, 5) is 49.0. The fraction of sp³-hybridized carbons (Fsp3) is 0.583. The normalized spacial score (nSPS) is 18.0. The van der Waals surface area contributed by atoms with E-state index in [1.54, 1.807) is 20.8 Å². The van der Waals surface area contributed by atoms with Crippen molar-refractivity contribution in [2.24, 2.45) is 0 Å². The number of carboxylic acids is 1. The number of rotatable bonds is 10. The lowest BCUT2D eigenvalue weighted by Gasteiger charge is -2.37. The van der Waals surface area contributed by atoms with E-state index in [0.717, 1.165) is 5.56 Å². The molecule has 3 N–H and O–H groups in total. The lowest BCUT2D eigenvalue weighted by atomic mass is 9.90. The Hall–Kier alpha value is -3.14. The van der Waals surface area contributed by atoms with Crippen molar-refractivity contribution in [2.45, 2.75) is 70.7 Å². The standard InChI is InChI=1S/C24H35N3O7/c1-24(2,3)34-23(32)27(15-21(29)30)19-11-9-18(10-12-19)26-20(28)13-25-14-22(31)33-16-17-7-5-4-6-8-17/h4-8,18-19,25H,9-16H2,1-3H3,(H,26,28)(H,29,30)/t18-,19-. The van der Waals surface area contributed by atoms with Crippen LogP contribution in [0.15, 0.2) is 30.3 Å². The van der Waals surface area contributed by atoms with Gasteiger partial charge in [-0.2, -0.15) is 0 Å². The summed E-state index contributed by atoms with van der Waals surface area (Å²) in [6.45, 7) is 4.84. The van der Waals surface area contributed by atoms with Crippen LogP contribution in [-0.4, -0.2) is 71.3 Å². The van der Waals surface area contributed by atoms with Crippen LogP contribution in [0.25, 0.3) is 0 Å². The van der Waals surface area contributed by atoms with Crippen LogP contribution in [0.5, 0.6) is 0 Å². The Bertz CT molecular complexity index is 831. The lowest BCUT2D eigenvalue weighted by molar-refractivity contribution is -0.144. The largest absolute Gasteiger partial charge is 0.480 e. The minimum Gasteiger partial charge on any atom is -0.480 e. The molecule has 1 aliphatic carbocycles. The molecule has 0 atom stereocenters. The van der Waals surface area contributed by atoms with Crippen LogP contribution in [0.3, 0.4) is 0 Å². The Balaban J connectivity index is 1.69. The lowest BCUT2D eigenvalue weighted by Crippen LogP contribution is -2.50. The Morgan fingerprint density at radius 3 is 2.26 bits per heavy atom. The quantitative estimate of drug-likeness (QED) is 0.436. The predicted octanol–water partition coefficient (Wildman–Crippen LogP) is 2.07. The van der Waals surface area contributed by atoms with Crippen LogP contribution in [0.4, 0.5) is 4.79 Å². The molecular formula is C24H35N3O7. The second-order valence-corrected chi connectivity index (χ2v) is 9.32. The molecule has 0 aliphatic heterocycles. The maximum atomic E-state index is 12.5. The molecule has 1 aromatic rings. The molecule has 0 saturated heterocycles. The summed E-state index contributed by atoms with van der Waals surface area (Å²) in [5.41, 5.74) is 0.165. The van der Waals surface area contributed by atoms with E-state index in [9.17, 15) is 24.3 Å². The highest BCUT2D eigenvalue weighted by molar-refractivity contribution is 5.79. The van der Waals surface area contributed by atoms with Crippen LogP contribution >= 0.6 is 0 Å². The van der Waals surface area contributed by atoms with Gasteiger partial charge in [-0.15, -0.1) is 0 Å². The Kier molecular flexibility index (Phi) is 10.3. The second kappa shape index (κ2) is 12.9. The summed E-state index contributed by atoms with van der Waals surface area (Å²) in [5.74, 6) is -1.79. The van der Waals surface area contributed by atoms with Gasteiger partial charge in [0.05, 0.1) is 13.1 Å². The molecule has 0 spiro atoms. The molecule has 10 nitrogen and oxygen atoms in total. The summed E-state index contributed by atoms with van der Waals surface area (Å²) in [6.07, 6.45) is 1.67. The van der Waals surface area contributed by atoms with Gasteiger partial charge in [-0.25, -0.2) is 4.79 Å². The minimum absolute atomic E-state index is 0.0244. The van der Waals surface area contributed by atoms with Crippen molar-refractivity contribution < 1.29 is 33.8 Å². The van der Waals surface area contributed by atoms with E-state index in [1.165, 1.54) is 4.90 Å². The van der Waals surface area contributed by atoms with E-state index in [2.05, 4.69) is 10.6 Å². The van der Waals surface area contributed by atoms with Crippen molar-refractivity contribution in [2.75, 3.05) is 19.6 Å². The summed E-state index contributed by atoms with van der Waals surface area (Å²) in [6, 6.07) is 8.97. The maximum absolute atomic E-state index is 12.5. The number of hydrogen-bond donors (Lipinski definition) is 3. The van der Waals surface area contributed by atoms with Crippen LogP contribution in [-0.2, 0) is 30.5 Å². The summed E-state index contributed by atoms with van der Waals surface area (Å²) in [5, 5.41) is 14.9. The third-order valence-electron chi connectivity index (χ3n) is 5.23. The van der Waals surface area contributed by atoms with Crippen molar-refractivity contribution in [3.05, 3.63) is 35.9 Å². The number of ether oxygens (including phenoxy) is 2. The zero-order valence-electron chi connectivity index (χ0n) is 20.0. The molecule has 1 aliphatic rings. The number of nitrogens with one attached hydrogen (secondary N) is 2. The molecule has 188 valence electrons. The number of hydrogen-bond acceptors (Lipinski definition) is 7. The van der Waals surface area contributed by atoms with Crippen LogP contribution in [0.1, 0.15) is 52.0 Å². The third kappa shape index (κ3) is 10.2. The highest BCUT2D eigenvalue weighted by Gasteiger charge is 2.33. The Labute approximate surface area is 200 Å². The van der Waals surface area contributed by atoms with Gasteiger partial charge in [0.1, 0.15) is 18.8 Å². The zero-order valence-corrected chi connectivity index (χ0v) is 20.0. The summed E-state index contributed by atoms with van der Waals surface area (Å²) < 4.78 is 10.5. The van der Waals surface area contributed by atoms with Gasteiger partial charge in [0.2, 0.25) is 5.91 Å². The molecule has 0 aromatic heterocycles. The van der Waals surface area contributed by atoms with E-state index in [-0.39, 0.29) is 37.7 Å². The topological polar surface area (TPSA) is 134 Å². The van der Waals surface area contributed by atoms with E-state index in [4.69, 9.17) is 9.47 Å². The molecule has 0 radical (unpaired) electrons. The predicted molar refractivity (Wildman–Crippen MR) is 124 cm³/mol. The number of carboxylic acid groups (broad SMARTS) is 1. The first-order valence-electron chi connectivity index (χ1n) is 11.4. The maximum Gasteiger partial charge on any atom is 0.411 e. The first-order chi connectivity index (χ1) is 16.0. The van der Waals surface area contributed by atoms with Crippen molar-refractivity contribution >= 4 is 23.9 Å². The first-order valence-corrected chi connectivity index (χ1v) is 11.4. The molecule has 0 bridgehead atoms. The van der Waals surface area contributed by atoms with Gasteiger partial charge in [0, 0.05) is 12.1 Å².